The minimum Gasteiger partial charge on any atom is -0.497 e. The second-order valence-electron chi connectivity index (χ2n) is 5.23. The van der Waals surface area contributed by atoms with Crippen LogP contribution in [0.15, 0.2) is 53.1 Å². The molecular weight excluding hydrogens is 342 g/mol. The first-order valence-electron chi connectivity index (χ1n) is 7.67. The average Bonchev–Trinajstić information content (AvgIpc) is 3.10. The SMILES string of the molecule is COc1ccc(C(=O)NCCc2nc(-c3ccccc3Cl)no2)cc1. The largest absolute Gasteiger partial charge is 0.497 e. The number of benzene rings is 2. The van der Waals surface area contributed by atoms with Gasteiger partial charge in [-0.3, -0.25) is 4.79 Å². The highest BCUT2D eigenvalue weighted by atomic mass is 35.5. The van der Waals surface area contributed by atoms with Crippen molar-refractivity contribution in [2.75, 3.05) is 13.7 Å². The summed E-state index contributed by atoms with van der Waals surface area (Å²) in [6.45, 7) is 0.384. The summed E-state index contributed by atoms with van der Waals surface area (Å²) >= 11 is 6.12. The molecule has 2 aromatic carbocycles. The summed E-state index contributed by atoms with van der Waals surface area (Å²) in [5.41, 5.74) is 1.27. The predicted molar refractivity (Wildman–Crippen MR) is 93.8 cm³/mol. The Labute approximate surface area is 149 Å². The highest BCUT2D eigenvalue weighted by Crippen LogP contribution is 2.24. The molecule has 0 saturated heterocycles. The molecule has 25 heavy (non-hydrogen) atoms. The third-order valence-electron chi connectivity index (χ3n) is 3.56. The fraction of sp³-hybridized carbons (Fsp3) is 0.167. The van der Waals surface area contributed by atoms with Gasteiger partial charge >= 0.3 is 0 Å². The molecule has 0 aliphatic heterocycles. The fourth-order valence-electron chi connectivity index (χ4n) is 2.24. The Kier molecular flexibility index (Phi) is 5.30. The van der Waals surface area contributed by atoms with Crippen molar-refractivity contribution in [2.45, 2.75) is 6.42 Å². The molecule has 7 heteroatoms. The molecule has 1 aromatic heterocycles. The molecule has 0 saturated carbocycles. The number of methoxy groups -OCH3 is 1. The van der Waals surface area contributed by atoms with E-state index in [-0.39, 0.29) is 5.91 Å². The van der Waals surface area contributed by atoms with Crippen molar-refractivity contribution in [3.05, 3.63) is 65.0 Å². The van der Waals surface area contributed by atoms with Crippen molar-refractivity contribution in [2.24, 2.45) is 0 Å². The van der Waals surface area contributed by atoms with Crippen molar-refractivity contribution < 1.29 is 14.1 Å². The van der Waals surface area contributed by atoms with Gasteiger partial charge in [-0.2, -0.15) is 4.98 Å². The number of aromatic nitrogens is 2. The van der Waals surface area contributed by atoms with Crippen LogP contribution in [-0.2, 0) is 6.42 Å². The first-order valence-corrected chi connectivity index (χ1v) is 8.05. The standard InChI is InChI=1S/C18H16ClN3O3/c1-24-13-8-6-12(7-9-13)18(23)20-11-10-16-21-17(22-25-16)14-4-2-3-5-15(14)19/h2-9H,10-11H2,1H3,(H,20,23). The average molecular weight is 358 g/mol. The van der Waals surface area contributed by atoms with Crippen LogP contribution in [0.3, 0.4) is 0 Å². The number of nitrogens with one attached hydrogen (secondary N) is 1. The molecule has 0 radical (unpaired) electrons. The van der Waals surface area contributed by atoms with E-state index >= 15 is 0 Å². The maximum absolute atomic E-state index is 12.1. The van der Waals surface area contributed by atoms with E-state index in [1.54, 1.807) is 37.4 Å². The Morgan fingerprint density at radius 1 is 1.20 bits per heavy atom. The quantitative estimate of drug-likeness (QED) is 0.731. The van der Waals surface area contributed by atoms with Crippen LogP contribution >= 0.6 is 11.6 Å². The molecule has 0 fully saturated rings. The smallest absolute Gasteiger partial charge is 0.251 e. The third kappa shape index (κ3) is 4.16. The van der Waals surface area contributed by atoms with Crippen LogP contribution in [0.5, 0.6) is 5.75 Å². The zero-order chi connectivity index (χ0) is 17.6. The summed E-state index contributed by atoms with van der Waals surface area (Å²) in [5, 5.41) is 7.29. The Bertz CT molecular complexity index is 862. The number of hydrogen-bond acceptors (Lipinski definition) is 5. The summed E-state index contributed by atoms with van der Waals surface area (Å²) in [5.74, 6) is 1.40. The summed E-state index contributed by atoms with van der Waals surface area (Å²) < 4.78 is 10.3. The molecule has 1 heterocycles. The molecule has 3 rings (SSSR count). The summed E-state index contributed by atoms with van der Waals surface area (Å²) in [6.07, 6.45) is 0.430. The molecule has 0 atom stereocenters. The fourth-order valence-corrected chi connectivity index (χ4v) is 2.46. The lowest BCUT2D eigenvalue weighted by Crippen LogP contribution is -2.25. The molecule has 1 N–H and O–H groups in total. The Morgan fingerprint density at radius 3 is 2.68 bits per heavy atom. The van der Waals surface area contributed by atoms with Gasteiger partial charge in [0.25, 0.3) is 5.91 Å². The van der Waals surface area contributed by atoms with Crippen molar-refractivity contribution >= 4 is 17.5 Å². The molecule has 0 unspecified atom stereocenters. The predicted octanol–water partition coefficient (Wildman–Crippen LogP) is 3.37. The highest BCUT2D eigenvalue weighted by Gasteiger charge is 2.12. The lowest BCUT2D eigenvalue weighted by molar-refractivity contribution is 0.0953. The van der Waals surface area contributed by atoms with Gasteiger partial charge in [0, 0.05) is 24.1 Å². The van der Waals surface area contributed by atoms with E-state index in [9.17, 15) is 4.79 Å². The minimum atomic E-state index is -0.173. The molecule has 0 bridgehead atoms. The zero-order valence-corrected chi connectivity index (χ0v) is 14.3. The van der Waals surface area contributed by atoms with Gasteiger partial charge in [0.1, 0.15) is 5.75 Å². The van der Waals surface area contributed by atoms with E-state index in [2.05, 4.69) is 15.5 Å². The maximum Gasteiger partial charge on any atom is 0.251 e. The van der Waals surface area contributed by atoms with Crippen LogP contribution in [-0.4, -0.2) is 29.7 Å². The van der Waals surface area contributed by atoms with Crippen molar-refractivity contribution in [1.29, 1.82) is 0 Å². The van der Waals surface area contributed by atoms with Gasteiger partial charge in [0.05, 0.1) is 12.1 Å². The van der Waals surface area contributed by atoms with Crippen molar-refractivity contribution in [1.82, 2.24) is 15.5 Å². The highest BCUT2D eigenvalue weighted by molar-refractivity contribution is 6.33. The Balaban J connectivity index is 1.55. The van der Waals surface area contributed by atoms with Gasteiger partial charge in [-0.05, 0) is 36.4 Å². The lowest BCUT2D eigenvalue weighted by atomic mass is 10.2. The van der Waals surface area contributed by atoms with Crippen molar-refractivity contribution in [3.63, 3.8) is 0 Å². The summed E-state index contributed by atoms with van der Waals surface area (Å²) in [4.78, 5) is 16.4. The van der Waals surface area contributed by atoms with Crippen LogP contribution in [0.1, 0.15) is 16.2 Å². The Hall–Kier alpha value is -2.86. The number of amides is 1. The summed E-state index contributed by atoms with van der Waals surface area (Å²) in [7, 11) is 1.58. The number of rotatable bonds is 6. The van der Waals surface area contributed by atoms with E-state index in [1.807, 2.05) is 18.2 Å². The molecule has 128 valence electrons. The number of nitrogens with zero attached hydrogens (tertiary/aromatic N) is 2. The third-order valence-corrected chi connectivity index (χ3v) is 3.89. The van der Waals surface area contributed by atoms with Gasteiger partial charge in [-0.25, -0.2) is 0 Å². The molecule has 3 aromatic rings. The van der Waals surface area contributed by atoms with Crippen LogP contribution in [0, 0.1) is 0 Å². The number of carbonyl (C=O) groups excluding carboxylic acids is 1. The first kappa shape index (κ1) is 17.0. The Morgan fingerprint density at radius 2 is 1.96 bits per heavy atom. The normalized spacial score (nSPS) is 10.5. The second-order valence-corrected chi connectivity index (χ2v) is 5.63. The molecule has 0 aliphatic rings. The van der Waals surface area contributed by atoms with Gasteiger partial charge in [0.15, 0.2) is 0 Å². The number of halogens is 1. The molecule has 6 nitrogen and oxygen atoms in total. The van der Waals surface area contributed by atoms with Crippen LogP contribution in [0.25, 0.3) is 11.4 Å². The van der Waals surface area contributed by atoms with Crippen molar-refractivity contribution in [3.8, 4) is 17.1 Å². The van der Waals surface area contributed by atoms with Gasteiger partial charge in [-0.15, -0.1) is 0 Å². The van der Waals surface area contributed by atoms with Crippen LogP contribution < -0.4 is 10.1 Å². The van der Waals surface area contributed by atoms with E-state index < -0.39 is 0 Å². The molecular formula is C18H16ClN3O3. The van der Waals surface area contributed by atoms with E-state index in [0.717, 1.165) is 0 Å². The summed E-state index contributed by atoms with van der Waals surface area (Å²) in [6, 6.07) is 14.2. The first-order chi connectivity index (χ1) is 12.2. The molecule has 0 aliphatic carbocycles. The van der Waals surface area contributed by atoms with Crippen LogP contribution in [0.4, 0.5) is 0 Å². The van der Waals surface area contributed by atoms with E-state index in [4.69, 9.17) is 20.9 Å². The number of ether oxygens (including phenoxy) is 1. The molecule has 0 spiro atoms. The number of carbonyl (C=O) groups is 1. The van der Waals surface area contributed by atoms with Gasteiger partial charge < -0.3 is 14.6 Å². The zero-order valence-electron chi connectivity index (χ0n) is 13.5. The minimum absolute atomic E-state index is 0.173. The maximum atomic E-state index is 12.1. The van der Waals surface area contributed by atoms with E-state index in [0.29, 0.717) is 46.6 Å². The van der Waals surface area contributed by atoms with E-state index in [1.165, 1.54) is 0 Å². The van der Waals surface area contributed by atoms with Gasteiger partial charge in [0.2, 0.25) is 11.7 Å². The lowest BCUT2D eigenvalue weighted by Gasteiger charge is -2.04. The second kappa shape index (κ2) is 7.81. The number of hydrogen-bond donors (Lipinski definition) is 1. The molecule has 1 amide bonds. The van der Waals surface area contributed by atoms with Crippen LogP contribution in [0.2, 0.25) is 5.02 Å². The van der Waals surface area contributed by atoms with Gasteiger partial charge in [-0.1, -0.05) is 28.9 Å². The monoisotopic (exact) mass is 357 g/mol. The topological polar surface area (TPSA) is 77.2 Å².